The largest absolute Gasteiger partial charge is 0.392 e. The van der Waals surface area contributed by atoms with Crippen LogP contribution in [-0.2, 0) is 26.6 Å². The number of hydrogen-bond donors (Lipinski definition) is 1. The van der Waals surface area contributed by atoms with Gasteiger partial charge in [0.1, 0.15) is 0 Å². The van der Waals surface area contributed by atoms with E-state index in [2.05, 4.69) is 9.67 Å². The van der Waals surface area contributed by atoms with Gasteiger partial charge in [0, 0.05) is 32.2 Å². The van der Waals surface area contributed by atoms with E-state index in [4.69, 9.17) is 5.11 Å². The van der Waals surface area contributed by atoms with Crippen LogP contribution in [0.1, 0.15) is 11.1 Å². The lowest BCUT2D eigenvalue weighted by Crippen LogP contribution is -1.97. The topological polar surface area (TPSA) is 43.0 Å². The van der Waals surface area contributed by atoms with Gasteiger partial charge in [-0.25, -0.2) is 0 Å². The lowest BCUT2D eigenvalue weighted by molar-refractivity contribution is 0.281. The summed E-state index contributed by atoms with van der Waals surface area (Å²) in [5.74, 6) is 0. The van der Waals surface area contributed by atoms with Crippen molar-refractivity contribution in [1.82, 2.24) is 14.3 Å². The predicted molar refractivity (Wildman–Crippen MR) is 57.3 cm³/mol. The molecule has 4 heteroatoms. The summed E-state index contributed by atoms with van der Waals surface area (Å²) in [5, 5.41) is 13.0. The Kier molecular flexibility index (Phi) is 2.87. The standard InChI is InChI=1S/C11H15N3O/c1-13-7-10(6-12-13)2-4-14-5-3-11(8-14)9-15/h3,5-8,15H,2,4,9H2,1H3. The Hall–Kier alpha value is -1.55. The van der Waals surface area contributed by atoms with Crippen molar-refractivity contribution in [2.75, 3.05) is 0 Å². The molecule has 0 unspecified atom stereocenters. The first-order chi connectivity index (χ1) is 7.28. The predicted octanol–water partition coefficient (Wildman–Crippen LogP) is 0.957. The van der Waals surface area contributed by atoms with E-state index in [-0.39, 0.29) is 6.61 Å². The van der Waals surface area contributed by atoms with E-state index in [1.54, 1.807) is 0 Å². The van der Waals surface area contributed by atoms with Crippen molar-refractivity contribution in [1.29, 1.82) is 0 Å². The summed E-state index contributed by atoms with van der Waals surface area (Å²) in [7, 11) is 1.92. The van der Waals surface area contributed by atoms with Gasteiger partial charge in [0.05, 0.1) is 12.8 Å². The third-order valence-electron chi connectivity index (χ3n) is 2.41. The second-order valence-electron chi connectivity index (χ2n) is 3.69. The maximum absolute atomic E-state index is 8.91. The van der Waals surface area contributed by atoms with Gasteiger partial charge in [0.25, 0.3) is 0 Å². The molecule has 2 heterocycles. The smallest absolute Gasteiger partial charge is 0.0696 e. The molecule has 0 aromatic carbocycles. The molecule has 4 nitrogen and oxygen atoms in total. The minimum absolute atomic E-state index is 0.111. The van der Waals surface area contributed by atoms with Crippen molar-refractivity contribution in [2.24, 2.45) is 7.05 Å². The molecule has 0 atom stereocenters. The van der Waals surface area contributed by atoms with E-state index in [1.807, 2.05) is 42.6 Å². The molecule has 1 N–H and O–H groups in total. The summed E-state index contributed by atoms with van der Waals surface area (Å²) in [6.45, 7) is 1.03. The molecule has 2 aromatic rings. The average Bonchev–Trinajstić information content (AvgIpc) is 2.83. The molecular formula is C11H15N3O. The monoisotopic (exact) mass is 205 g/mol. The Morgan fingerprint density at radius 1 is 1.33 bits per heavy atom. The zero-order chi connectivity index (χ0) is 10.7. The fourth-order valence-corrected chi connectivity index (χ4v) is 1.58. The lowest BCUT2D eigenvalue weighted by atomic mass is 10.2. The van der Waals surface area contributed by atoms with Crippen LogP contribution < -0.4 is 0 Å². The van der Waals surface area contributed by atoms with Crippen molar-refractivity contribution >= 4 is 0 Å². The van der Waals surface area contributed by atoms with Gasteiger partial charge in [-0.2, -0.15) is 5.10 Å². The van der Waals surface area contributed by atoms with Gasteiger partial charge in [-0.15, -0.1) is 0 Å². The first-order valence-corrected chi connectivity index (χ1v) is 5.01. The molecule has 0 aliphatic carbocycles. The molecule has 0 amide bonds. The van der Waals surface area contributed by atoms with Crippen LogP contribution in [-0.4, -0.2) is 19.5 Å². The van der Waals surface area contributed by atoms with Gasteiger partial charge >= 0.3 is 0 Å². The van der Waals surface area contributed by atoms with Crippen LogP contribution in [0.2, 0.25) is 0 Å². The number of aliphatic hydroxyl groups excluding tert-OH is 1. The summed E-state index contributed by atoms with van der Waals surface area (Å²) >= 11 is 0. The minimum Gasteiger partial charge on any atom is -0.392 e. The Morgan fingerprint density at radius 2 is 2.20 bits per heavy atom. The average molecular weight is 205 g/mol. The van der Waals surface area contributed by atoms with Crippen LogP contribution in [0.5, 0.6) is 0 Å². The molecule has 0 radical (unpaired) electrons. The fraction of sp³-hybridized carbons (Fsp3) is 0.364. The summed E-state index contributed by atoms with van der Waals surface area (Å²) in [5.41, 5.74) is 2.19. The minimum atomic E-state index is 0.111. The maximum Gasteiger partial charge on any atom is 0.0696 e. The fourth-order valence-electron chi connectivity index (χ4n) is 1.58. The SMILES string of the molecule is Cn1cc(CCn2ccc(CO)c2)cn1. The van der Waals surface area contributed by atoms with E-state index < -0.39 is 0 Å². The van der Waals surface area contributed by atoms with Gasteiger partial charge in [-0.05, 0) is 23.6 Å². The van der Waals surface area contributed by atoms with Gasteiger partial charge in [0.15, 0.2) is 0 Å². The quantitative estimate of drug-likeness (QED) is 0.807. The van der Waals surface area contributed by atoms with Crippen molar-refractivity contribution < 1.29 is 5.11 Å². The molecule has 0 saturated heterocycles. The van der Waals surface area contributed by atoms with Gasteiger partial charge < -0.3 is 9.67 Å². The Balaban J connectivity index is 1.93. The third-order valence-corrected chi connectivity index (χ3v) is 2.41. The summed E-state index contributed by atoms with van der Waals surface area (Å²) in [6.07, 6.45) is 8.83. The second kappa shape index (κ2) is 4.31. The number of aryl methyl sites for hydroxylation is 3. The lowest BCUT2D eigenvalue weighted by Gasteiger charge is -2.00. The van der Waals surface area contributed by atoms with Gasteiger partial charge in [-0.1, -0.05) is 0 Å². The summed E-state index contributed by atoms with van der Waals surface area (Å²) in [6, 6.07) is 1.93. The van der Waals surface area contributed by atoms with Gasteiger partial charge in [0.2, 0.25) is 0 Å². The first kappa shape index (κ1) is 9.98. The number of aromatic nitrogens is 3. The van der Waals surface area contributed by atoms with Crippen LogP contribution in [0.15, 0.2) is 30.9 Å². The highest BCUT2D eigenvalue weighted by Gasteiger charge is 1.98. The molecule has 80 valence electrons. The molecular weight excluding hydrogens is 190 g/mol. The van der Waals surface area contributed by atoms with E-state index in [0.29, 0.717) is 0 Å². The molecule has 15 heavy (non-hydrogen) atoms. The number of rotatable bonds is 4. The second-order valence-corrected chi connectivity index (χ2v) is 3.69. The number of aliphatic hydroxyl groups is 1. The van der Waals surface area contributed by atoms with Crippen LogP contribution in [0.25, 0.3) is 0 Å². The highest BCUT2D eigenvalue weighted by molar-refractivity contribution is 5.09. The third kappa shape index (κ3) is 2.47. The van der Waals surface area contributed by atoms with Crippen LogP contribution in [0, 0.1) is 0 Å². The summed E-state index contributed by atoms with van der Waals surface area (Å²) in [4.78, 5) is 0. The van der Waals surface area contributed by atoms with E-state index in [0.717, 1.165) is 18.5 Å². The maximum atomic E-state index is 8.91. The van der Waals surface area contributed by atoms with E-state index in [9.17, 15) is 0 Å². The Labute approximate surface area is 88.8 Å². The van der Waals surface area contributed by atoms with Gasteiger partial charge in [-0.3, -0.25) is 4.68 Å². The van der Waals surface area contributed by atoms with Crippen molar-refractivity contribution in [3.63, 3.8) is 0 Å². The highest BCUT2D eigenvalue weighted by Crippen LogP contribution is 2.04. The van der Waals surface area contributed by atoms with Crippen LogP contribution in [0.4, 0.5) is 0 Å². The highest BCUT2D eigenvalue weighted by atomic mass is 16.3. The molecule has 0 spiro atoms. The molecule has 0 fully saturated rings. The number of nitrogens with zero attached hydrogens (tertiary/aromatic N) is 3. The van der Waals surface area contributed by atoms with Crippen molar-refractivity contribution in [2.45, 2.75) is 19.6 Å². The van der Waals surface area contributed by atoms with Crippen molar-refractivity contribution in [3.8, 4) is 0 Å². The van der Waals surface area contributed by atoms with E-state index in [1.165, 1.54) is 5.56 Å². The number of hydrogen-bond acceptors (Lipinski definition) is 2. The molecule has 2 aromatic heterocycles. The van der Waals surface area contributed by atoms with Crippen LogP contribution >= 0.6 is 0 Å². The molecule has 0 bridgehead atoms. The molecule has 0 aliphatic rings. The van der Waals surface area contributed by atoms with E-state index >= 15 is 0 Å². The summed E-state index contributed by atoms with van der Waals surface area (Å²) < 4.78 is 3.89. The molecule has 0 saturated carbocycles. The zero-order valence-corrected chi connectivity index (χ0v) is 8.80. The van der Waals surface area contributed by atoms with Crippen molar-refractivity contribution in [3.05, 3.63) is 42.0 Å². The first-order valence-electron chi connectivity index (χ1n) is 5.01. The molecule has 2 rings (SSSR count). The normalized spacial score (nSPS) is 10.8. The Bertz CT molecular complexity index is 430. The van der Waals surface area contributed by atoms with Crippen LogP contribution in [0.3, 0.4) is 0 Å². The molecule has 0 aliphatic heterocycles. The Morgan fingerprint density at radius 3 is 2.80 bits per heavy atom. The zero-order valence-electron chi connectivity index (χ0n) is 8.80.